The number of aromatic amines is 1. The molecule has 1 aromatic carbocycles. The average Bonchev–Trinajstić information content (AvgIpc) is 3.09. The first-order valence-corrected chi connectivity index (χ1v) is 5.80. The maximum Gasteiger partial charge on any atom is 0.290 e. The fraction of sp³-hybridized carbons (Fsp3) is 0.286. The van der Waals surface area contributed by atoms with Gasteiger partial charge in [-0.2, -0.15) is 0 Å². The number of nitrogens with one attached hydrogen (secondary N) is 1. The van der Waals surface area contributed by atoms with Crippen LogP contribution in [0.4, 0.5) is 0 Å². The Balaban J connectivity index is 0.000000367. The van der Waals surface area contributed by atoms with Crippen molar-refractivity contribution in [1.82, 2.24) is 4.98 Å². The summed E-state index contributed by atoms with van der Waals surface area (Å²) in [5.74, 6) is 0. The third kappa shape index (κ3) is 2.42. The van der Waals surface area contributed by atoms with Crippen LogP contribution in [0.15, 0.2) is 35.1 Å². The predicted molar refractivity (Wildman–Crippen MR) is 69.8 cm³/mol. The van der Waals surface area contributed by atoms with Crippen LogP contribution < -0.4 is 5.56 Å². The molecule has 2 N–H and O–H groups in total. The molecule has 3 rings (SSSR count). The lowest BCUT2D eigenvalue weighted by atomic mass is 9.97. The molecule has 0 saturated heterocycles. The highest BCUT2D eigenvalue weighted by molar-refractivity contribution is 5.79. The first kappa shape index (κ1) is 12.4. The van der Waals surface area contributed by atoms with Crippen LogP contribution in [0.2, 0.25) is 0 Å². The monoisotopic (exact) mass is 245 g/mol. The van der Waals surface area contributed by atoms with Gasteiger partial charge in [0, 0.05) is 11.6 Å². The lowest BCUT2D eigenvalue weighted by molar-refractivity contribution is -0.122. The van der Waals surface area contributed by atoms with Crippen molar-refractivity contribution in [3.8, 4) is 0 Å². The van der Waals surface area contributed by atoms with E-state index >= 15 is 0 Å². The van der Waals surface area contributed by atoms with E-state index in [0.717, 1.165) is 10.9 Å². The molecular formula is C14H15NO3. The molecule has 2 aromatic rings. The van der Waals surface area contributed by atoms with Crippen molar-refractivity contribution in [2.24, 2.45) is 0 Å². The maximum atomic E-state index is 11.1. The van der Waals surface area contributed by atoms with E-state index in [9.17, 15) is 4.79 Å². The van der Waals surface area contributed by atoms with Gasteiger partial charge in [0.1, 0.15) is 0 Å². The minimum Gasteiger partial charge on any atom is -0.483 e. The van der Waals surface area contributed by atoms with Gasteiger partial charge in [-0.3, -0.25) is 9.59 Å². The molecule has 4 nitrogen and oxygen atoms in total. The molecule has 0 amide bonds. The van der Waals surface area contributed by atoms with E-state index in [1.54, 1.807) is 6.07 Å². The summed E-state index contributed by atoms with van der Waals surface area (Å²) < 4.78 is 0. The van der Waals surface area contributed by atoms with E-state index in [1.807, 2.05) is 12.1 Å². The zero-order valence-corrected chi connectivity index (χ0v) is 10.1. The molecule has 0 spiro atoms. The highest BCUT2D eigenvalue weighted by Crippen LogP contribution is 2.47. The molecule has 0 aliphatic heterocycles. The van der Waals surface area contributed by atoms with Gasteiger partial charge in [-0.15, -0.1) is 0 Å². The lowest BCUT2D eigenvalue weighted by Gasteiger charge is -2.09. The fourth-order valence-corrected chi connectivity index (χ4v) is 2.01. The number of rotatable bonds is 1. The van der Waals surface area contributed by atoms with Gasteiger partial charge >= 0.3 is 0 Å². The normalized spacial score (nSPS) is 15.6. The standard InChI is InChI=1S/C13H13NO.CH2O2/c1-13(6-7-13)10-3-4-11-9(8-10)2-5-12(15)14-11;2-1-3/h2-5,8H,6-7H2,1H3,(H,14,15);1H,(H,2,3). The van der Waals surface area contributed by atoms with E-state index < -0.39 is 0 Å². The maximum absolute atomic E-state index is 11.1. The lowest BCUT2D eigenvalue weighted by Crippen LogP contribution is -2.04. The Bertz CT molecular complexity index is 626. The quantitative estimate of drug-likeness (QED) is 0.757. The number of benzene rings is 1. The van der Waals surface area contributed by atoms with Crippen molar-refractivity contribution in [2.75, 3.05) is 0 Å². The van der Waals surface area contributed by atoms with Crippen LogP contribution in [0, 0.1) is 0 Å². The summed E-state index contributed by atoms with van der Waals surface area (Å²) in [6.45, 7) is 2.04. The van der Waals surface area contributed by atoms with Gasteiger partial charge in [-0.1, -0.05) is 13.0 Å². The summed E-state index contributed by atoms with van der Waals surface area (Å²) in [5.41, 5.74) is 2.68. The number of pyridine rings is 1. The van der Waals surface area contributed by atoms with Gasteiger partial charge in [0.15, 0.2) is 0 Å². The van der Waals surface area contributed by atoms with Gasteiger partial charge in [0.2, 0.25) is 5.56 Å². The van der Waals surface area contributed by atoms with Crippen LogP contribution in [0.3, 0.4) is 0 Å². The number of aromatic nitrogens is 1. The minimum atomic E-state index is -0.250. The second kappa shape index (κ2) is 4.64. The van der Waals surface area contributed by atoms with Gasteiger partial charge in [-0.25, -0.2) is 0 Å². The fourth-order valence-electron chi connectivity index (χ4n) is 2.01. The van der Waals surface area contributed by atoms with Crippen molar-refractivity contribution >= 4 is 17.4 Å². The summed E-state index contributed by atoms with van der Waals surface area (Å²) in [7, 11) is 0. The van der Waals surface area contributed by atoms with Crippen molar-refractivity contribution in [3.63, 3.8) is 0 Å². The molecule has 1 aromatic heterocycles. The second-order valence-corrected chi connectivity index (χ2v) is 4.79. The first-order valence-electron chi connectivity index (χ1n) is 5.80. The zero-order chi connectivity index (χ0) is 13.2. The molecular weight excluding hydrogens is 230 g/mol. The van der Waals surface area contributed by atoms with Crippen LogP contribution in [-0.4, -0.2) is 16.6 Å². The van der Waals surface area contributed by atoms with Crippen LogP contribution in [0.25, 0.3) is 10.9 Å². The van der Waals surface area contributed by atoms with Gasteiger partial charge < -0.3 is 10.1 Å². The van der Waals surface area contributed by atoms with Crippen LogP contribution in [0.1, 0.15) is 25.3 Å². The van der Waals surface area contributed by atoms with Gasteiger partial charge in [-0.05, 0) is 47.4 Å². The molecule has 1 fully saturated rings. The number of hydrogen-bond acceptors (Lipinski definition) is 2. The summed E-state index contributed by atoms with van der Waals surface area (Å²) in [6, 6.07) is 9.81. The Labute approximate surface area is 104 Å². The topological polar surface area (TPSA) is 70.2 Å². The highest BCUT2D eigenvalue weighted by atomic mass is 16.3. The molecule has 0 atom stereocenters. The van der Waals surface area contributed by atoms with Crippen LogP contribution in [-0.2, 0) is 10.2 Å². The molecule has 18 heavy (non-hydrogen) atoms. The molecule has 4 heteroatoms. The summed E-state index contributed by atoms with van der Waals surface area (Å²) in [5, 5.41) is 8.01. The summed E-state index contributed by atoms with van der Waals surface area (Å²) in [6.07, 6.45) is 2.56. The third-order valence-electron chi connectivity index (χ3n) is 3.42. The zero-order valence-electron chi connectivity index (χ0n) is 10.1. The Hall–Kier alpha value is -2.10. The molecule has 94 valence electrons. The largest absolute Gasteiger partial charge is 0.483 e. The first-order chi connectivity index (χ1) is 8.59. The molecule has 0 unspecified atom stereocenters. The Kier molecular flexibility index (Phi) is 3.19. The predicted octanol–water partition coefficient (Wildman–Crippen LogP) is 2.28. The van der Waals surface area contributed by atoms with Gasteiger partial charge in [0.25, 0.3) is 6.47 Å². The van der Waals surface area contributed by atoms with E-state index in [4.69, 9.17) is 9.90 Å². The van der Waals surface area contributed by atoms with E-state index in [0.29, 0.717) is 5.41 Å². The van der Waals surface area contributed by atoms with Crippen molar-refractivity contribution in [2.45, 2.75) is 25.2 Å². The van der Waals surface area contributed by atoms with Crippen molar-refractivity contribution in [1.29, 1.82) is 0 Å². The van der Waals surface area contributed by atoms with Crippen molar-refractivity contribution in [3.05, 3.63) is 46.2 Å². The Morgan fingerprint density at radius 1 is 1.28 bits per heavy atom. The van der Waals surface area contributed by atoms with E-state index in [1.165, 1.54) is 18.4 Å². The summed E-state index contributed by atoms with van der Waals surface area (Å²) >= 11 is 0. The van der Waals surface area contributed by atoms with Crippen LogP contribution >= 0.6 is 0 Å². The molecule has 1 heterocycles. The third-order valence-corrected chi connectivity index (χ3v) is 3.42. The number of carbonyl (C=O) groups is 1. The van der Waals surface area contributed by atoms with Gasteiger partial charge in [0.05, 0.1) is 0 Å². The molecule has 1 aliphatic carbocycles. The SMILES string of the molecule is CC1(c2ccc3[nH]c(=O)ccc3c2)CC1.O=CO. The van der Waals surface area contributed by atoms with Crippen molar-refractivity contribution < 1.29 is 9.90 Å². The number of hydrogen-bond donors (Lipinski definition) is 2. The number of fused-ring (bicyclic) bond motifs is 1. The molecule has 1 saturated carbocycles. The Morgan fingerprint density at radius 3 is 2.56 bits per heavy atom. The Morgan fingerprint density at radius 2 is 1.94 bits per heavy atom. The number of H-pyrrole nitrogens is 1. The average molecular weight is 245 g/mol. The van der Waals surface area contributed by atoms with E-state index in [-0.39, 0.29) is 12.0 Å². The summed E-state index contributed by atoms with van der Waals surface area (Å²) in [4.78, 5) is 22.3. The second-order valence-electron chi connectivity index (χ2n) is 4.79. The van der Waals surface area contributed by atoms with Crippen LogP contribution in [0.5, 0.6) is 0 Å². The molecule has 0 bridgehead atoms. The smallest absolute Gasteiger partial charge is 0.290 e. The number of carboxylic acid groups (broad SMARTS) is 1. The molecule has 1 aliphatic rings. The minimum absolute atomic E-state index is 0.0344. The van der Waals surface area contributed by atoms with E-state index in [2.05, 4.69) is 24.0 Å². The highest BCUT2D eigenvalue weighted by Gasteiger charge is 2.38. The molecule has 0 radical (unpaired) electrons.